The fraction of sp³-hybridized carbons (Fsp3) is 0. The third kappa shape index (κ3) is 3.71. The Hall–Kier alpha value is -6.12. The van der Waals surface area contributed by atoms with E-state index < -0.39 is 0 Å². The molecule has 2 nitrogen and oxygen atoms in total. The molecule has 0 radical (unpaired) electrons. The summed E-state index contributed by atoms with van der Waals surface area (Å²) in [4.78, 5) is 0. The van der Waals surface area contributed by atoms with E-state index in [9.17, 15) is 0 Å². The van der Waals surface area contributed by atoms with Crippen LogP contribution < -0.4 is 0 Å². The summed E-state index contributed by atoms with van der Waals surface area (Å²) in [6.45, 7) is 0. The minimum absolute atomic E-state index is 0.911. The van der Waals surface area contributed by atoms with Gasteiger partial charge in [0.15, 0.2) is 0 Å². The van der Waals surface area contributed by atoms with Crippen LogP contribution in [0.2, 0.25) is 0 Å². The molecular weight excluding hydrogens is 558 g/mol. The van der Waals surface area contributed by atoms with Crippen molar-refractivity contribution in [2.45, 2.75) is 0 Å². The first-order valence-corrected chi connectivity index (χ1v) is 15.8. The molecule has 2 heterocycles. The number of furan rings is 1. The Morgan fingerprint density at radius 1 is 0.391 bits per heavy atom. The number of hydrogen-bond acceptors (Lipinski definition) is 1. The summed E-state index contributed by atoms with van der Waals surface area (Å²) in [5.41, 5.74) is 10.0. The smallest absolute Gasteiger partial charge is 0.145 e. The van der Waals surface area contributed by atoms with E-state index >= 15 is 0 Å². The third-order valence-corrected chi connectivity index (χ3v) is 9.55. The molecule has 0 bridgehead atoms. The van der Waals surface area contributed by atoms with Gasteiger partial charge >= 0.3 is 0 Å². The standard InChI is InChI=1S/C44H27NO/c1-2-10-28(11-3-1)33-20-21-37-40(27-33)45(39-23-22-36-35-16-8-9-17-42(35)46-44(36)43(37)39)41-26-32-15-7-6-14-31(32)25-38(41)34-19-18-29-12-4-5-13-30(29)24-34/h1-27H. The van der Waals surface area contributed by atoms with E-state index in [1.807, 2.05) is 6.07 Å². The van der Waals surface area contributed by atoms with Gasteiger partial charge in [-0.1, -0.05) is 121 Å². The molecule has 0 saturated heterocycles. The number of nitrogens with zero attached hydrogens (tertiary/aromatic N) is 1. The third-order valence-electron chi connectivity index (χ3n) is 9.55. The second kappa shape index (κ2) is 9.69. The van der Waals surface area contributed by atoms with Gasteiger partial charge in [-0.2, -0.15) is 0 Å². The number of aromatic nitrogens is 1. The predicted octanol–water partition coefficient (Wildman–Crippen LogP) is 12.3. The van der Waals surface area contributed by atoms with Gasteiger partial charge in [-0.3, -0.25) is 0 Å². The molecule has 2 aromatic heterocycles. The molecule has 0 spiro atoms. The summed E-state index contributed by atoms with van der Waals surface area (Å²) in [5.74, 6) is 0. The van der Waals surface area contributed by atoms with Crippen molar-refractivity contribution in [2.24, 2.45) is 0 Å². The van der Waals surface area contributed by atoms with E-state index in [0.29, 0.717) is 0 Å². The van der Waals surface area contributed by atoms with Crippen molar-refractivity contribution in [1.29, 1.82) is 0 Å². The summed E-state index contributed by atoms with van der Waals surface area (Å²) in [6, 6.07) is 59.2. The van der Waals surface area contributed by atoms with Crippen molar-refractivity contribution < 1.29 is 4.42 Å². The molecule has 0 amide bonds. The molecule has 214 valence electrons. The number of fused-ring (bicyclic) bond motifs is 9. The average Bonchev–Trinajstić information content (AvgIpc) is 3.66. The summed E-state index contributed by atoms with van der Waals surface area (Å²) >= 11 is 0. The molecule has 0 unspecified atom stereocenters. The van der Waals surface area contributed by atoms with Crippen LogP contribution in [0.4, 0.5) is 0 Å². The minimum atomic E-state index is 0.911. The first-order chi connectivity index (χ1) is 22.8. The molecule has 2 heteroatoms. The Morgan fingerprint density at radius 2 is 1.07 bits per heavy atom. The molecule has 0 atom stereocenters. The molecule has 0 N–H and O–H groups in total. The zero-order valence-corrected chi connectivity index (χ0v) is 24.9. The Bertz CT molecular complexity index is 2800. The Balaban J connectivity index is 1.37. The van der Waals surface area contributed by atoms with Crippen LogP contribution in [0, 0.1) is 0 Å². The number of benzene rings is 8. The monoisotopic (exact) mass is 585 g/mol. The Labute approximate surface area is 265 Å². The fourth-order valence-corrected chi connectivity index (χ4v) is 7.35. The first kappa shape index (κ1) is 25.2. The highest BCUT2D eigenvalue weighted by Gasteiger charge is 2.21. The van der Waals surface area contributed by atoms with Crippen molar-refractivity contribution in [3.63, 3.8) is 0 Å². The zero-order valence-electron chi connectivity index (χ0n) is 24.9. The largest absolute Gasteiger partial charge is 0.455 e. The van der Waals surface area contributed by atoms with E-state index in [2.05, 4.69) is 162 Å². The lowest BCUT2D eigenvalue weighted by atomic mass is 9.96. The van der Waals surface area contributed by atoms with E-state index in [0.717, 1.165) is 44.0 Å². The van der Waals surface area contributed by atoms with Gasteiger partial charge < -0.3 is 8.98 Å². The minimum Gasteiger partial charge on any atom is -0.455 e. The highest BCUT2D eigenvalue weighted by molar-refractivity contribution is 6.24. The van der Waals surface area contributed by atoms with Gasteiger partial charge in [0, 0.05) is 21.7 Å². The van der Waals surface area contributed by atoms with Crippen LogP contribution in [0.15, 0.2) is 168 Å². The SMILES string of the molecule is c1ccc(-c2ccc3c4c5oc6ccccc6c5ccc4n(-c4cc5ccccc5cc4-c4ccc5ccccc5c4)c3c2)cc1. The maximum absolute atomic E-state index is 6.66. The van der Waals surface area contributed by atoms with Crippen LogP contribution in [0.5, 0.6) is 0 Å². The maximum Gasteiger partial charge on any atom is 0.145 e. The topological polar surface area (TPSA) is 18.1 Å². The van der Waals surface area contributed by atoms with E-state index in [4.69, 9.17) is 4.42 Å². The van der Waals surface area contributed by atoms with Crippen LogP contribution in [0.3, 0.4) is 0 Å². The number of hydrogen-bond donors (Lipinski definition) is 0. The molecule has 8 aromatic carbocycles. The van der Waals surface area contributed by atoms with Crippen LogP contribution in [0.1, 0.15) is 0 Å². The van der Waals surface area contributed by atoms with Crippen LogP contribution in [0.25, 0.3) is 93.2 Å². The van der Waals surface area contributed by atoms with Gasteiger partial charge in [0.1, 0.15) is 11.2 Å². The molecule has 0 saturated carbocycles. The van der Waals surface area contributed by atoms with E-state index in [1.54, 1.807) is 0 Å². The van der Waals surface area contributed by atoms with Crippen molar-refractivity contribution in [3.05, 3.63) is 164 Å². The van der Waals surface area contributed by atoms with Crippen molar-refractivity contribution in [3.8, 4) is 27.9 Å². The molecule has 0 aliphatic rings. The van der Waals surface area contributed by atoms with Gasteiger partial charge in [-0.15, -0.1) is 0 Å². The van der Waals surface area contributed by atoms with E-state index in [1.165, 1.54) is 49.2 Å². The second-order valence-electron chi connectivity index (χ2n) is 12.1. The van der Waals surface area contributed by atoms with Gasteiger partial charge in [-0.05, 0) is 80.7 Å². The highest BCUT2D eigenvalue weighted by atomic mass is 16.3. The lowest BCUT2D eigenvalue weighted by Crippen LogP contribution is -1.98. The molecule has 0 aliphatic carbocycles. The van der Waals surface area contributed by atoms with Crippen LogP contribution in [-0.2, 0) is 0 Å². The summed E-state index contributed by atoms with van der Waals surface area (Å²) in [5, 5.41) is 9.51. The highest BCUT2D eigenvalue weighted by Crippen LogP contribution is 2.44. The molecule has 0 fully saturated rings. The maximum atomic E-state index is 6.66. The van der Waals surface area contributed by atoms with Gasteiger partial charge in [0.2, 0.25) is 0 Å². The Morgan fingerprint density at radius 3 is 1.91 bits per heavy atom. The summed E-state index contributed by atoms with van der Waals surface area (Å²) < 4.78 is 9.12. The van der Waals surface area contributed by atoms with Gasteiger partial charge in [-0.25, -0.2) is 0 Å². The molecule has 10 rings (SSSR count). The van der Waals surface area contributed by atoms with Crippen molar-refractivity contribution >= 4 is 65.3 Å². The summed E-state index contributed by atoms with van der Waals surface area (Å²) in [7, 11) is 0. The first-order valence-electron chi connectivity index (χ1n) is 15.8. The van der Waals surface area contributed by atoms with Gasteiger partial charge in [0.25, 0.3) is 0 Å². The lowest BCUT2D eigenvalue weighted by Gasteiger charge is -2.17. The molecule has 0 aliphatic heterocycles. The molecular formula is C44H27NO. The quantitative estimate of drug-likeness (QED) is 0.202. The number of para-hydroxylation sites is 1. The normalized spacial score (nSPS) is 11.9. The van der Waals surface area contributed by atoms with E-state index in [-0.39, 0.29) is 0 Å². The van der Waals surface area contributed by atoms with Crippen LogP contribution >= 0.6 is 0 Å². The Kier molecular flexibility index (Phi) is 5.31. The predicted molar refractivity (Wildman–Crippen MR) is 194 cm³/mol. The fourth-order valence-electron chi connectivity index (χ4n) is 7.35. The lowest BCUT2D eigenvalue weighted by molar-refractivity contribution is 0.673. The number of rotatable bonds is 3. The molecule has 46 heavy (non-hydrogen) atoms. The van der Waals surface area contributed by atoms with Crippen molar-refractivity contribution in [2.75, 3.05) is 0 Å². The van der Waals surface area contributed by atoms with Crippen molar-refractivity contribution in [1.82, 2.24) is 4.57 Å². The second-order valence-corrected chi connectivity index (χ2v) is 12.1. The molecule has 10 aromatic rings. The van der Waals surface area contributed by atoms with Crippen LogP contribution in [-0.4, -0.2) is 4.57 Å². The zero-order chi connectivity index (χ0) is 30.2. The summed E-state index contributed by atoms with van der Waals surface area (Å²) in [6.07, 6.45) is 0. The van der Waals surface area contributed by atoms with Gasteiger partial charge in [0.05, 0.1) is 22.1 Å². The average molecular weight is 586 g/mol.